The summed E-state index contributed by atoms with van der Waals surface area (Å²) in [5, 5.41) is 0. The number of isocyanates is 3. The Morgan fingerprint density at radius 1 is 0.479 bits per heavy atom. The van der Waals surface area contributed by atoms with Crippen molar-refractivity contribution in [2.75, 3.05) is 0 Å². The van der Waals surface area contributed by atoms with E-state index in [9.17, 15) is 28.8 Å². The van der Waals surface area contributed by atoms with Crippen molar-refractivity contribution in [1.29, 1.82) is 0 Å². The van der Waals surface area contributed by atoms with Crippen molar-refractivity contribution in [3.63, 3.8) is 0 Å². The molecule has 0 radical (unpaired) electrons. The molecular formula is C36H54N6O6. The van der Waals surface area contributed by atoms with Gasteiger partial charge in [0.15, 0.2) is 0 Å². The summed E-state index contributed by atoms with van der Waals surface area (Å²) in [6.45, 7) is 18.5. The molecule has 1 aromatic heterocycles. The van der Waals surface area contributed by atoms with Crippen molar-refractivity contribution in [3.05, 3.63) is 31.5 Å². The van der Waals surface area contributed by atoms with Gasteiger partial charge in [-0.1, -0.05) is 41.5 Å². The van der Waals surface area contributed by atoms with Crippen LogP contribution < -0.4 is 17.1 Å². The molecule has 3 aliphatic carbocycles. The first-order valence-corrected chi connectivity index (χ1v) is 17.3. The zero-order chi connectivity index (χ0) is 35.9. The number of aromatic nitrogens is 3. The summed E-state index contributed by atoms with van der Waals surface area (Å²) in [7, 11) is 0. The topological polar surface area (TPSA) is 154 Å². The van der Waals surface area contributed by atoms with Crippen LogP contribution in [0, 0.1) is 34.0 Å². The SMILES string of the molecule is CC1(C)CC(Cn2c(=O)n(CC3CC(C)(C)CC(C)(N=C=O)C3)c(=O)n(CC3CC(C)(C)CC(C)(N=C=O)C3)c2=O)CC(C)(N=C=O)C1. The Bertz CT molecular complexity index is 1500. The van der Waals surface area contributed by atoms with E-state index in [1.165, 1.54) is 13.7 Å². The third kappa shape index (κ3) is 8.58. The molecular weight excluding hydrogens is 612 g/mol. The van der Waals surface area contributed by atoms with Gasteiger partial charge in [-0.05, 0) is 113 Å². The molecule has 3 saturated carbocycles. The fourth-order valence-electron chi connectivity index (χ4n) is 10.9. The summed E-state index contributed by atoms with van der Waals surface area (Å²) in [6, 6.07) is 0. The number of nitrogens with zero attached hydrogens (tertiary/aromatic N) is 6. The Labute approximate surface area is 282 Å². The number of carbonyl (C=O) groups excluding carboxylic acids is 3. The van der Waals surface area contributed by atoms with Crippen molar-refractivity contribution in [2.24, 2.45) is 49.0 Å². The van der Waals surface area contributed by atoms with Crippen LogP contribution in [0.2, 0.25) is 0 Å². The van der Waals surface area contributed by atoms with E-state index in [1.54, 1.807) is 18.2 Å². The summed E-state index contributed by atoms with van der Waals surface area (Å²) in [5.41, 5.74) is -4.63. The molecule has 0 aromatic carbocycles. The van der Waals surface area contributed by atoms with Gasteiger partial charge in [-0.2, -0.15) is 15.0 Å². The van der Waals surface area contributed by atoms with Crippen molar-refractivity contribution in [2.45, 2.75) is 156 Å². The van der Waals surface area contributed by atoms with Gasteiger partial charge in [0.05, 0.1) is 16.6 Å². The fourth-order valence-corrected chi connectivity index (χ4v) is 10.9. The highest BCUT2D eigenvalue weighted by Gasteiger charge is 2.45. The van der Waals surface area contributed by atoms with E-state index < -0.39 is 33.7 Å². The molecule has 3 fully saturated rings. The van der Waals surface area contributed by atoms with Crippen LogP contribution in [0.3, 0.4) is 0 Å². The first kappa shape index (κ1) is 37.4. The minimum atomic E-state index is -0.681. The Morgan fingerprint density at radius 3 is 0.917 bits per heavy atom. The predicted molar refractivity (Wildman–Crippen MR) is 182 cm³/mol. The molecule has 4 rings (SSSR count). The van der Waals surface area contributed by atoms with Gasteiger partial charge in [0.2, 0.25) is 18.2 Å². The molecule has 0 saturated heterocycles. The number of hydrogen-bond acceptors (Lipinski definition) is 9. The van der Waals surface area contributed by atoms with Crippen LogP contribution in [0.5, 0.6) is 0 Å². The second-order valence-corrected chi connectivity index (χ2v) is 18.6. The lowest BCUT2D eigenvalue weighted by atomic mass is 9.64. The largest absolute Gasteiger partial charge is 0.336 e. The van der Waals surface area contributed by atoms with Crippen LogP contribution in [0.25, 0.3) is 0 Å². The highest BCUT2D eigenvalue weighted by Crippen LogP contribution is 2.48. The maximum Gasteiger partial charge on any atom is 0.336 e. The van der Waals surface area contributed by atoms with Gasteiger partial charge in [-0.3, -0.25) is 0 Å². The molecule has 0 bridgehead atoms. The van der Waals surface area contributed by atoms with Crippen LogP contribution in [-0.2, 0) is 34.0 Å². The number of aliphatic imine (C=N–C) groups is 3. The van der Waals surface area contributed by atoms with Crippen LogP contribution >= 0.6 is 0 Å². The molecule has 6 atom stereocenters. The molecule has 0 amide bonds. The third-order valence-electron chi connectivity index (χ3n) is 10.9. The Morgan fingerprint density at radius 2 is 0.708 bits per heavy atom. The molecule has 1 aromatic rings. The smallest absolute Gasteiger partial charge is 0.247 e. The zero-order valence-electron chi connectivity index (χ0n) is 30.4. The second kappa shape index (κ2) is 13.1. The van der Waals surface area contributed by atoms with Crippen molar-refractivity contribution in [3.8, 4) is 0 Å². The van der Waals surface area contributed by atoms with Crippen molar-refractivity contribution in [1.82, 2.24) is 13.7 Å². The maximum absolute atomic E-state index is 14.3. The van der Waals surface area contributed by atoms with Crippen molar-refractivity contribution < 1.29 is 14.4 Å². The third-order valence-corrected chi connectivity index (χ3v) is 10.9. The monoisotopic (exact) mass is 666 g/mol. The molecule has 0 N–H and O–H groups in total. The summed E-state index contributed by atoms with van der Waals surface area (Å²) < 4.78 is 3.60. The van der Waals surface area contributed by atoms with Gasteiger partial charge in [0.25, 0.3) is 0 Å². The summed E-state index contributed by atoms with van der Waals surface area (Å²) in [4.78, 5) is 89.2. The van der Waals surface area contributed by atoms with Gasteiger partial charge in [0.1, 0.15) is 0 Å². The van der Waals surface area contributed by atoms with Gasteiger partial charge >= 0.3 is 17.1 Å². The Hall–Kier alpha value is -3.45. The average molecular weight is 667 g/mol. The maximum atomic E-state index is 14.3. The first-order valence-electron chi connectivity index (χ1n) is 17.3. The highest BCUT2D eigenvalue weighted by atomic mass is 16.2. The number of hydrogen-bond donors (Lipinski definition) is 0. The van der Waals surface area contributed by atoms with E-state index in [2.05, 4.69) is 56.5 Å². The molecule has 12 nitrogen and oxygen atoms in total. The lowest BCUT2D eigenvalue weighted by Gasteiger charge is -2.44. The van der Waals surface area contributed by atoms with Gasteiger partial charge in [0, 0.05) is 19.6 Å². The minimum Gasteiger partial charge on any atom is -0.247 e. The lowest BCUT2D eigenvalue weighted by Crippen LogP contribution is -2.57. The summed E-state index contributed by atoms with van der Waals surface area (Å²) >= 11 is 0. The van der Waals surface area contributed by atoms with Gasteiger partial charge in [-0.25, -0.2) is 42.5 Å². The van der Waals surface area contributed by atoms with Crippen LogP contribution in [0.4, 0.5) is 0 Å². The van der Waals surface area contributed by atoms with Crippen LogP contribution in [0.1, 0.15) is 120 Å². The summed E-state index contributed by atoms with van der Waals surface area (Å²) in [6.07, 6.45) is 10.8. The van der Waals surface area contributed by atoms with Crippen molar-refractivity contribution >= 4 is 18.2 Å². The zero-order valence-corrected chi connectivity index (χ0v) is 30.4. The molecule has 1 heterocycles. The molecule has 12 heteroatoms. The molecule has 48 heavy (non-hydrogen) atoms. The Balaban J connectivity index is 1.83. The van der Waals surface area contributed by atoms with E-state index in [4.69, 9.17) is 0 Å². The van der Waals surface area contributed by atoms with E-state index in [0.29, 0.717) is 57.8 Å². The molecule has 264 valence electrons. The standard InChI is InChI=1S/C36H54N6O6/c1-31(2)10-25(13-34(7,19-31)37-22-43)16-40-28(46)41(17-26-11-32(3,4)20-35(8,14-26)38-23-44)30(48)42(29(40)47)18-27-12-33(5,6)21-36(9,15-27)39-24-45/h25-27H,10-21H2,1-9H3. The quantitative estimate of drug-likeness (QED) is 0.269. The van der Waals surface area contributed by atoms with E-state index >= 15 is 0 Å². The fraction of sp³-hybridized carbons (Fsp3) is 0.833. The normalized spacial score (nSPS) is 33.8. The molecule has 0 spiro atoms. The van der Waals surface area contributed by atoms with E-state index in [1.807, 2.05) is 20.8 Å². The minimum absolute atomic E-state index is 0.0813. The average Bonchev–Trinajstić information content (AvgIpc) is 2.88. The molecule has 3 aliphatic rings. The first-order chi connectivity index (χ1) is 22.1. The second-order valence-electron chi connectivity index (χ2n) is 18.6. The van der Waals surface area contributed by atoms with Crippen LogP contribution in [0.15, 0.2) is 29.4 Å². The molecule has 6 unspecified atom stereocenters. The number of rotatable bonds is 9. The van der Waals surface area contributed by atoms with Crippen LogP contribution in [-0.4, -0.2) is 48.6 Å². The summed E-state index contributed by atoms with van der Waals surface area (Å²) in [5.74, 6) is -0.463. The lowest BCUT2D eigenvalue weighted by molar-refractivity contribution is 0.0904. The predicted octanol–water partition coefficient (Wildman–Crippen LogP) is 4.93. The Kier molecular flexibility index (Phi) is 10.2. The van der Waals surface area contributed by atoms with Gasteiger partial charge < -0.3 is 0 Å². The molecule has 0 aliphatic heterocycles. The highest BCUT2D eigenvalue weighted by molar-refractivity contribution is 5.36. The van der Waals surface area contributed by atoms with E-state index in [-0.39, 0.29) is 53.6 Å². The van der Waals surface area contributed by atoms with E-state index in [0.717, 1.165) is 0 Å². The van der Waals surface area contributed by atoms with Gasteiger partial charge in [-0.15, -0.1) is 0 Å².